The lowest BCUT2D eigenvalue weighted by Crippen LogP contribution is -1.90. The molecule has 0 saturated carbocycles. The molecule has 0 aliphatic carbocycles. The summed E-state index contributed by atoms with van der Waals surface area (Å²) in [6.07, 6.45) is 3.56. The lowest BCUT2D eigenvalue weighted by molar-refractivity contribution is 0.468. The Morgan fingerprint density at radius 1 is 1.50 bits per heavy atom. The monoisotopic (exact) mass is 162 g/mol. The largest absolute Gasteiger partial charge is 0.508 e. The van der Waals surface area contributed by atoms with Crippen molar-refractivity contribution in [3.05, 3.63) is 42.0 Å². The molecule has 1 aromatic rings. The number of phenolic OH excluding ortho intramolecular Hbond substituents is 1. The molecule has 0 aromatic heterocycles. The third-order valence-corrected chi connectivity index (χ3v) is 1.97. The zero-order valence-electron chi connectivity index (χ0n) is 7.38. The van der Waals surface area contributed by atoms with Gasteiger partial charge in [-0.25, -0.2) is 0 Å². The first-order valence-electron chi connectivity index (χ1n) is 4.20. The third kappa shape index (κ3) is 1.67. The van der Waals surface area contributed by atoms with E-state index in [1.165, 1.54) is 5.56 Å². The molecule has 0 amide bonds. The Labute approximate surface area is 73.4 Å². The number of phenols is 1. The Balaban J connectivity index is 3.08. The number of allylic oxidation sites excluding steroid dienone is 1. The molecular formula is C11H14O. The van der Waals surface area contributed by atoms with Gasteiger partial charge in [0, 0.05) is 0 Å². The van der Waals surface area contributed by atoms with Crippen LogP contribution in [0.25, 0.3) is 0 Å². The van der Waals surface area contributed by atoms with E-state index >= 15 is 0 Å². The average molecular weight is 162 g/mol. The Hall–Kier alpha value is -1.24. The molecule has 0 bridgehead atoms. The van der Waals surface area contributed by atoms with E-state index < -0.39 is 0 Å². The van der Waals surface area contributed by atoms with Crippen LogP contribution in [0.1, 0.15) is 18.1 Å². The highest BCUT2D eigenvalue weighted by atomic mass is 16.3. The predicted molar refractivity (Wildman–Crippen MR) is 51.4 cm³/mol. The molecule has 1 N–H and O–H groups in total. The van der Waals surface area contributed by atoms with Crippen molar-refractivity contribution in [3.63, 3.8) is 0 Å². The normalized spacial score (nSPS) is 9.75. The van der Waals surface area contributed by atoms with Gasteiger partial charge in [0.1, 0.15) is 5.75 Å². The van der Waals surface area contributed by atoms with Gasteiger partial charge in [-0.15, -0.1) is 6.58 Å². The predicted octanol–water partition coefficient (Wildman–Crippen LogP) is 2.68. The summed E-state index contributed by atoms with van der Waals surface area (Å²) in [7, 11) is 0. The lowest BCUT2D eigenvalue weighted by Gasteiger charge is -2.06. The molecule has 0 radical (unpaired) electrons. The summed E-state index contributed by atoms with van der Waals surface area (Å²) in [5, 5.41) is 9.48. The molecule has 0 heterocycles. The van der Waals surface area contributed by atoms with Gasteiger partial charge in [0.2, 0.25) is 0 Å². The standard InChI is InChI=1S/C11H14O/c1-3-6-9-7-5-8-11(12)10(9)4-2/h3,5,7-8,12H,1,4,6H2,2H3. The van der Waals surface area contributed by atoms with Crippen molar-refractivity contribution in [1.29, 1.82) is 0 Å². The van der Waals surface area contributed by atoms with Crippen molar-refractivity contribution < 1.29 is 5.11 Å². The second-order valence-corrected chi connectivity index (χ2v) is 2.76. The number of benzene rings is 1. The summed E-state index contributed by atoms with van der Waals surface area (Å²) in [5.74, 6) is 0.400. The molecule has 1 nitrogen and oxygen atoms in total. The second-order valence-electron chi connectivity index (χ2n) is 2.76. The van der Waals surface area contributed by atoms with Gasteiger partial charge in [-0.05, 0) is 30.0 Å². The fraction of sp³-hybridized carbons (Fsp3) is 0.273. The van der Waals surface area contributed by atoms with Gasteiger partial charge in [0.15, 0.2) is 0 Å². The summed E-state index contributed by atoms with van der Waals surface area (Å²) < 4.78 is 0. The molecular weight excluding hydrogens is 148 g/mol. The quantitative estimate of drug-likeness (QED) is 0.677. The van der Waals surface area contributed by atoms with E-state index in [-0.39, 0.29) is 0 Å². The van der Waals surface area contributed by atoms with Gasteiger partial charge >= 0.3 is 0 Å². The number of aromatic hydroxyl groups is 1. The molecule has 0 aliphatic rings. The van der Waals surface area contributed by atoms with E-state index in [2.05, 4.69) is 6.58 Å². The van der Waals surface area contributed by atoms with Crippen LogP contribution in [0.2, 0.25) is 0 Å². The first kappa shape index (κ1) is 8.85. The highest BCUT2D eigenvalue weighted by Gasteiger charge is 2.02. The van der Waals surface area contributed by atoms with Crippen LogP contribution in [-0.2, 0) is 12.8 Å². The fourth-order valence-corrected chi connectivity index (χ4v) is 1.38. The molecule has 0 spiro atoms. The zero-order chi connectivity index (χ0) is 8.97. The summed E-state index contributed by atoms with van der Waals surface area (Å²) in [6, 6.07) is 5.62. The van der Waals surface area contributed by atoms with Crippen LogP contribution < -0.4 is 0 Å². The van der Waals surface area contributed by atoms with Crippen LogP contribution in [0.5, 0.6) is 5.75 Å². The highest BCUT2D eigenvalue weighted by Crippen LogP contribution is 2.21. The molecule has 1 aromatic carbocycles. The minimum Gasteiger partial charge on any atom is -0.508 e. The van der Waals surface area contributed by atoms with Crippen molar-refractivity contribution in [2.75, 3.05) is 0 Å². The molecule has 1 heteroatoms. The highest BCUT2D eigenvalue weighted by molar-refractivity contribution is 5.40. The molecule has 0 atom stereocenters. The van der Waals surface area contributed by atoms with E-state index in [1.54, 1.807) is 6.07 Å². The summed E-state index contributed by atoms with van der Waals surface area (Å²) in [6.45, 7) is 5.72. The van der Waals surface area contributed by atoms with Crippen molar-refractivity contribution in [2.24, 2.45) is 0 Å². The Morgan fingerprint density at radius 3 is 2.83 bits per heavy atom. The molecule has 0 fully saturated rings. The third-order valence-electron chi connectivity index (χ3n) is 1.97. The zero-order valence-corrected chi connectivity index (χ0v) is 7.38. The minimum absolute atomic E-state index is 0.400. The van der Waals surface area contributed by atoms with Crippen LogP contribution in [0.3, 0.4) is 0 Å². The summed E-state index contributed by atoms with van der Waals surface area (Å²) in [5.41, 5.74) is 2.21. The van der Waals surface area contributed by atoms with Gasteiger partial charge < -0.3 is 5.11 Å². The van der Waals surface area contributed by atoms with E-state index in [0.717, 1.165) is 18.4 Å². The van der Waals surface area contributed by atoms with Crippen LogP contribution in [0.15, 0.2) is 30.9 Å². The number of hydrogen-bond donors (Lipinski definition) is 1. The molecule has 0 aliphatic heterocycles. The van der Waals surface area contributed by atoms with E-state index in [4.69, 9.17) is 0 Å². The van der Waals surface area contributed by atoms with Gasteiger partial charge in [0.25, 0.3) is 0 Å². The molecule has 1 rings (SSSR count). The molecule has 12 heavy (non-hydrogen) atoms. The van der Waals surface area contributed by atoms with E-state index in [0.29, 0.717) is 5.75 Å². The maximum absolute atomic E-state index is 9.48. The molecule has 0 saturated heterocycles. The Kier molecular flexibility index (Phi) is 2.92. The summed E-state index contributed by atoms with van der Waals surface area (Å²) >= 11 is 0. The van der Waals surface area contributed by atoms with E-state index in [1.807, 2.05) is 25.1 Å². The first-order valence-corrected chi connectivity index (χ1v) is 4.20. The van der Waals surface area contributed by atoms with Crippen LogP contribution >= 0.6 is 0 Å². The van der Waals surface area contributed by atoms with Gasteiger partial charge in [-0.1, -0.05) is 25.1 Å². The first-order chi connectivity index (χ1) is 5.79. The van der Waals surface area contributed by atoms with Crippen LogP contribution in [-0.4, -0.2) is 5.11 Å². The lowest BCUT2D eigenvalue weighted by atomic mass is 10.0. The molecule has 0 unspecified atom stereocenters. The second kappa shape index (κ2) is 3.96. The SMILES string of the molecule is C=CCc1cccc(O)c1CC. The Bertz CT molecular complexity index is 276. The molecule has 64 valence electrons. The Morgan fingerprint density at radius 2 is 2.25 bits per heavy atom. The topological polar surface area (TPSA) is 20.2 Å². The smallest absolute Gasteiger partial charge is 0.119 e. The van der Waals surface area contributed by atoms with Crippen molar-refractivity contribution in [3.8, 4) is 5.75 Å². The van der Waals surface area contributed by atoms with Crippen molar-refractivity contribution in [2.45, 2.75) is 19.8 Å². The minimum atomic E-state index is 0.400. The average Bonchev–Trinajstić information content (AvgIpc) is 2.05. The van der Waals surface area contributed by atoms with Crippen molar-refractivity contribution >= 4 is 0 Å². The van der Waals surface area contributed by atoms with Crippen LogP contribution in [0, 0.1) is 0 Å². The van der Waals surface area contributed by atoms with Crippen LogP contribution in [0.4, 0.5) is 0 Å². The van der Waals surface area contributed by atoms with Gasteiger partial charge in [-0.3, -0.25) is 0 Å². The fourth-order valence-electron chi connectivity index (χ4n) is 1.38. The number of rotatable bonds is 3. The maximum atomic E-state index is 9.48. The van der Waals surface area contributed by atoms with Gasteiger partial charge in [0.05, 0.1) is 0 Å². The summed E-state index contributed by atoms with van der Waals surface area (Å²) in [4.78, 5) is 0. The van der Waals surface area contributed by atoms with E-state index in [9.17, 15) is 5.11 Å². The van der Waals surface area contributed by atoms with Crippen molar-refractivity contribution in [1.82, 2.24) is 0 Å². The maximum Gasteiger partial charge on any atom is 0.119 e. The number of hydrogen-bond acceptors (Lipinski definition) is 1. The van der Waals surface area contributed by atoms with Gasteiger partial charge in [-0.2, -0.15) is 0 Å².